The van der Waals surface area contributed by atoms with Gasteiger partial charge in [0.05, 0.1) is 6.61 Å². The number of ether oxygens (including phenoxy) is 1. The van der Waals surface area contributed by atoms with Crippen LogP contribution in [0.5, 0.6) is 0 Å². The van der Waals surface area contributed by atoms with Crippen LogP contribution < -0.4 is 0 Å². The van der Waals surface area contributed by atoms with Crippen LogP contribution in [0, 0.1) is 0 Å². The fourth-order valence-corrected chi connectivity index (χ4v) is 1.93. The van der Waals surface area contributed by atoms with Crippen LogP contribution >= 0.6 is 0 Å². The molecular weight excluding hydrogens is 254 g/mol. The highest BCUT2D eigenvalue weighted by Crippen LogP contribution is 2.26. The van der Waals surface area contributed by atoms with Crippen molar-refractivity contribution >= 4 is 11.7 Å². The van der Waals surface area contributed by atoms with Crippen molar-refractivity contribution in [1.29, 1.82) is 0 Å². The molecule has 0 unspecified atom stereocenters. The number of carbonyl (C=O) groups is 1. The Morgan fingerprint density at radius 1 is 1.30 bits per heavy atom. The Morgan fingerprint density at radius 2 is 1.95 bits per heavy atom. The molecule has 0 saturated heterocycles. The molecule has 1 aliphatic heterocycles. The third kappa shape index (κ3) is 3.70. The molecule has 0 aromatic rings. The summed E-state index contributed by atoms with van der Waals surface area (Å²) in [6, 6.07) is -0.116. The lowest BCUT2D eigenvalue weighted by Crippen LogP contribution is -2.42. The van der Waals surface area contributed by atoms with Crippen LogP contribution in [-0.2, 0) is 4.74 Å². The predicted octanol–water partition coefficient (Wildman–Crippen LogP) is 3.01. The SMILES string of the molecule is C=C1C(C)=C(/N=C(\C)CCOCCC)N(C)C(=O)N1C. The summed E-state index contributed by atoms with van der Waals surface area (Å²) in [5.74, 6) is 0.672. The van der Waals surface area contributed by atoms with Gasteiger partial charge in [0.25, 0.3) is 0 Å². The summed E-state index contributed by atoms with van der Waals surface area (Å²) in [6.45, 7) is 11.3. The van der Waals surface area contributed by atoms with Crippen LogP contribution in [0.4, 0.5) is 4.79 Å². The van der Waals surface area contributed by atoms with Crippen molar-refractivity contribution in [1.82, 2.24) is 9.80 Å². The van der Waals surface area contributed by atoms with E-state index >= 15 is 0 Å². The van der Waals surface area contributed by atoms with Gasteiger partial charge in [0.15, 0.2) is 0 Å². The first-order valence-electron chi connectivity index (χ1n) is 6.93. The molecule has 1 rings (SSSR count). The summed E-state index contributed by atoms with van der Waals surface area (Å²) in [5, 5.41) is 0. The minimum absolute atomic E-state index is 0.116. The Hall–Kier alpha value is -1.62. The highest BCUT2D eigenvalue weighted by atomic mass is 16.5. The van der Waals surface area contributed by atoms with Crippen LogP contribution in [-0.4, -0.2) is 48.9 Å². The van der Waals surface area contributed by atoms with E-state index in [1.165, 1.54) is 4.90 Å². The van der Waals surface area contributed by atoms with Crippen molar-refractivity contribution in [2.45, 2.75) is 33.6 Å². The number of likely N-dealkylation sites (N-methyl/N-ethyl adjacent to an activating group) is 1. The Morgan fingerprint density at radius 3 is 2.55 bits per heavy atom. The third-order valence-corrected chi connectivity index (χ3v) is 3.32. The van der Waals surface area contributed by atoms with Gasteiger partial charge in [-0.05, 0) is 20.3 Å². The average Bonchev–Trinajstić information content (AvgIpc) is 2.44. The van der Waals surface area contributed by atoms with Gasteiger partial charge in [0.1, 0.15) is 5.82 Å². The van der Waals surface area contributed by atoms with Crippen molar-refractivity contribution in [2.24, 2.45) is 4.99 Å². The third-order valence-electron chi connectivity index (χ3n) is 3.32. The lowest BCUT2D eigenvalue weighted by Gasteiger charge is -2.33. The first-order chi connectivity index (χ1) is 9.40. The average molecular weight is 279 g/mol. The van der Waals surface area contributed by atoms with E-state index in [1.54, 1.807) is 19.0 Å². The number of aliphatic imine (C=N–C) groups is 1. The molecule has 0 atom stereocenters. The van der Waals surface area contributed by atoms with Gasteiger partial charge in [0.2, 0.25) is 0 Å². The maximum absolute atomic E-state index is 12.0. The Bertz CT molecular complexity index is 452. The van der Waals surface area contributed by atoms with E-state index in [0.29, 0.717) is 18.1 Å². The molecule has 2 amide bonds. The minimum atomic E-state index is -0.116. The predicted molar refractivity (Wildman–Crippen MR) is 81.6 cm³/mol. The molecule has 5 nitrogen and oxygen atoms in total. The van der Waals surface area contributed by atoms with E-state index < -0.39 is 0 Å². The number of nitrogens with zero attached hydrogens (tertiary/aromatic N) is 3. The molecular formula is C15H25N3O2. The van der Waals surface area contributed by atoms with Crippen molar-refractivity contribution in [3.63, 3.8) is 0 Å². The Labute approximate surface area is 121 Å². The number of rotatable bonds is 6. The number of carbonyl (C=O) groups excluding carboxylic acids is 1. The number of urea groups is 1. The second kappa shape index (κ2) is 7.24. The molecule has 20 heavy (non-hydrogen) atoms. The topological polar surface area (TPSA) is 45.1 Å². The first-order valence-corrected chi connectivity index (χ1v) is 6.93. The van der Waals surface area contributed by atoms with Crippen molar-refractivity contribution in [2.75, 3.05) is 27.3 Å². The molecule has 0 saturated carbocycles. The van der Waals surface area contributed by atoms with Gasteiger partial charge < -0.3 is 4.74 Å². The Kier molecular flexibility index (Phi) is 5.95. The van der Waals surface area contributed by atoms with Crippen LogP contribution in [0.15, 0.2) is 28.7 Å². The first kappa shape index (κ1) is 16.4. The largest absolute Gasteiger partial charge is 0.381 e. The van der Waals surface area contributed by atoms with E-state index in [9.17, 15) is 4.79 Å². The molecule has 0 aromatic heterocycles. The van der Waals surface area contributed by atoms with E-state index in [2.05, 4.69) is 18.5 Å². The van der Waals surface area contributed by atoms with E-state index in [-0.39, 0.29) is 6.03 Å². The monoisotopic (exact) mass is 279 g/mol. The molecule has 1 heterocycles. The lowest BCUT2D eigenvalue weighted by atomic mass is 10.1. The zero-order valence-electron chi connectivity index (χ0n) is 13.2. The zero-order chi connectivity index (χ0) is 15.3. The van der Waals surface area contributed by atoms with Crippen LogP contribution in [0.3, 0.4) is 0 Å². The van der Waals surface area contributed by atoms with Crippen LogP contribution in [0.25, 0.3) is 0 Å². The van der Waals surface area contributed by atoms with Gasteiger partial charge in [-0.25, -0.2) is 9.79 Å². The molecule has 0 fully saturated rings. The number of hydrogen-bond acceptors (Lipinski definition) is 3. The molecule has 5 heteroatoms. The zero-order valence-corrected chi connectivity index (χ0v) is 13.2. The van der Waals surface area contributed by atoms with Gasteiger partial charge in [-0.1, -0.05) is 13.5 Å². The molecule has 0 bridgehead atoms. The molecule has 112 valence electrons. The van der Waals surface area contributed by atoms with Gasteiger partial charge in [0, 0.05) is 44.1 Å². The molecule has 0 radical (unpaired) electrons. The molecule has 0 aromatic carbocycles. The van der Waals surface area contributed by atoms with Crippen molar-refractivity contribution in [3.05, 3.63) is 23.7 Å². The van der Waals surface area contributed by atoms with Crippen molar-refractivity contribution in [3.8, 4) is 0 Å². The molecule has 1 aliphatic rings. The van der Waals surface area contributed by atoms with E-state index in [4.69, 9.17) is 4.74 Å². The second-order valence-electron chi connectivity index (χ2n) is 5.01. The highest BCUT2D eigenvalue weighted by molar-refractivity contribution is 5.86. The molecule has 0 spiro atoms. The van der Waals surface area contributed by atoms with E-state index in [1.807, 2.05) is 13.8 Å². The molecule has 0 N–H and O–H groups in total. The maximum atomic E-state index is 12.0. The van der Waals surface area contributed by atoms with Gasteiger partial charge in [-0.15, -0.1) is 0 Å². The van der Waals surface area contributed by atoms with Crippen molar-refractivity contribution < 1.29 is 9.53 Å². The summed E-state index contributed by atoms with van der Waals surface area (Å²) in [5.41, 5.74) is 2.57. The summed E-state index contributed by atoms with van der Waals surface area (Å²) >= 11 is 0. The summed E-state index contributed by atoms with van der Waals surface area (Å²) in [6.07, 6.45) is 1.78. The summed E-state index contributed by atoms with van der Waals surface area (Å²) < 4.78 is 5.45. The molecule has 0 aliphatic carbocycles. The minimum Gasteiger partial charge on any atom is -0.381 e. The fourth-order valence-electron chi connectivity index (χ4n) is 1.93. The number of hydrogen-bond donors (Lipinski definition) is 0. The second-order valence-corrected chi connectivity index (χ2v) is 5.01. The number of allylic oxidation sites excluding steroid dienone is 1. The Balaban J connectivity index is 2.82. The highest BCUT2D eigenvalue weighted by Gasteiger charge is 2.28. The normalized spacial score (nSPS) is 17.4. The summed E-state index contributed by atoms with van der Waals surface area (Å²) in [4.78, 5) is 19.7. The maximum Gasteiger partial charge on any atom is 0.329 e. The van der Waals surface area contributed by atoms with E-state index in [0.717, 1.165) is 30.7 Å². The quantitative estimate of drug-likeness (QED) is 0.554. The fraction of sp³-hybridized carbons (Fsp3) is 0.600. The summed E-state index contributed by atoms with van der Waals surface area (Å²) in [7, 11) is 3.45. The van der Waals surface area contributed by atoms with Crippen LogP contribution in [0.2, 0.25) is 0 Å². The lowest BCUT2D eigenvalue weighted by molar-refractivity contribution is 0.142. The van der Waals surface area contributed by atoms with Gasteiger partial charge >= 0.3 is 6.03 Å². The standard InChI is InChI=1S/C15H25N3O2/c1-7-9-20-10-8-11(2)16-14-12(3)13(4)17(5)15(19)18(14)6/h4,7-10H2,1-3,5-6H3/b16-11+. The smallest absolute Gasteiger partial charge is 0.329 e. The van der Waals surface area contributed by atoms with Crippen LogP contribution in [0.1, 0.15) is 33.6 Å². The number of amides is 2. The van der Waals surface area contributed by atoms with Gasteiger partial charge in [-0.2, -0.15) is 0 Å². The van der Waals surface area contributed by atoms with Gasteiger partial charge in [-0.3, -0.25) is 9.80 Å².